The summed E-state index contributed by atoms with van der Waals surface area (Å²) in [6.07, 6.45) is 5.72. The number of aromatic hydroxyl groups is 1. The number of hydrogen-bond acceptors (Lipinski definition) is 2. The van der Waals surface area contributed by atoms with Crippen LogP contribution < -0.4 is 10.6 Å². The molecule has 0 aromatic heterocycles. The molecule has 1 aromatic carbocycles. The standard InChI is InChI=1S/C17H27N3O/c1-3-11-19-17(18-4-2)20-12-15-14-8-6-5-7-13(14)9-10-16(15)21/h9-10,21H,3-8,11-12H2,1-2H3,(H2,18,19,20). The number of nitrogens with zero attached hydrogens (tertiary/aromatic N) is 1. The highest BCUT2D eigenvalue weighted by Crippen LogP contribution is 2.30. The van der Waals surface area contributed by atoms with E-state index in [-0.39, 0.29) is 0 Å². The Kier molecular flexibility index (Phi) is 5.90. The minimum atomic E-state index is 0.380. The zero-order valence-electron chi connectivity index (χ0n) is 13.2. The van der Waals surface area contributed by atoms with E-state index >= 15 is 0 Å². The maximum absolute atomic E-state index is 10.2. The lowest BCUT2D eigenvalue weighted by molar-refractivity contribution is 0.465. The van der Waals surface area contributed by atoms with Gasteiger partial charge in [0.1, 0.15) is 5.75 Å². The van der Waals surface area contributed by atoms with Crippen molar-refractivity contribution in [3.05, 3.63) is 28.8 Å². The summed E-state index contributed by atoms with van der Waals surface area (Å²) in [5.74, 6) is 1.21. The SMILES string of the molecule is CCCNC(=NCc1c(O)ccc2c1CCCC2)NCC. The van der Waals surface area contributed by atoms with Crippen LogP contribution in [-0.2, 0) is 19.4 Å². The summed E-state index contributed by atoms with van der Waals surface area (Å²) in [6.45, 7) is 6.48. The largest absolute Gasteiger partial charge is 0.508 e. The summed E-state index contributed by atoms with van der Waals surface area (Å²) >= 11 is 0. The fourth-order valence-electron chi connectivity index (χ4n) is 2.81. The monoisotopic (exact) mass is 289 g/mol. The van der Waals surface area contributed by atoms with Crippen LogP contribution in [0.5, 0.6) is 5.75 Å². The Hall–Kier alpha value is -1.71. The van der Waals surface area contributed by atoms with E-state index in [1.807, 2.05) is 6.07 Å². The molecule has 0 amide bonds. The Morgan fingerprint density at radius 1 is 1.19 bits per heavy atom. The molecule has 0 aliphatic heterocycles. The molecule has 21 heavy (non-hydrogen) atoms. The van der Waals surface area contributed by atoms with Gasteiger partial charge in [-0.3, -0.25) is 0 Å². The lowest BCUT2D eigenvalue weighted by Crippen LogP contribution is -2.37. The lowest BCUT2D eigenvalue weighted by atomic mass is 9.88. The molecular formula is C17H27N3O. The molecular weight excluding hydrogens is 262 g/mol. The van der Waals surface area contributed by atoms with E-state index in [1.54, 1.807) is 0 Å². The molecule has 0 saturated heterocycles. The third-order valence-electron chi connectivity index (χ3n) is 3.91. The number of hydrogen-bond donors (Lipinski definition) is 3. The second-order valence-corrected chi connectivity index (χ2v) is 5.53. The van der Waals surface area contributed by atoms with E-state index in [1.165, 1.54) is 24.0 Å². The van der Waals surface area contributed by atoms with Crippen LogP contribution >= 0.6 is 0 Å². The molecule has 4 heteroatoms. The Bertz CT molecular complexity index is 497. The van der Waals surface area contributed by atoms with E-state index in [0.717, 1.165) is 43.9 Å². The van der Waals surface area contributed by atoms with Crippen LogP contribution in [0.4, 0.5) is 0 Å². The first-order valence-corrected chi connectivity index (χ1v) is 8.11. The zero-order chi connectivity index (χ0) is 15.1. The number of rotatable bonds is 5. The third kappa shape index (κ3) is 4.13. The molecule has 0 fully saturated rings. The van der Waals surface area contributed by atoms with Crippen molar-refractivity contribution in [2.75, 3.05) is 13.1 Å². The summed E-state index contributed by atoms with van der Waals surface area (Å²) < 4.78 is 0. The van der Waals surface area contributed by atoms with E-state index < -0.39 is 0 Å². The van der Waals surface area contributed by atoms with Crippen molar-refractivity contribution >= 4 is 5.96 Å². The van der Waals surface area contributed by atoms with Gasteiger partial charge >= 0.3 is 0 Å². The fraction of sp³-hybridized carbons (Fsp3) is 0.588. The number of aryl methyl sites for hydroxylation is 1. The van der Waals surface area contributed by atoms with Gasteiger partial charge in [0.2, 0.25) is 0 Å². The van der Waals surface area contributed by atoms with Gasteiger partial charge in [0.15, 0.2) is 5.96 Å². The minimum absolute atomic E-state index is 0.380. The lowest BCUT2D eigenvalue weighted by Gasteiger charge is -2.20. The van der Waals surface area contributed by atoms with Gasteiger partial charge < -0.3 is 15.7 Å². The Balaban J connectivity index is 2.17. The molecule has 0 unspecified atom stereocenters. The second kappa shape index (κ2) is 7.91. The smallest absolute Gasteiger partial charge is 0.191 e. The zero-order valence-corrected chi connectivity index (χ0v) is 13.2. The molecule has 0 atom stereocenters. The number of phenolic OH excluding ortho intramolecular Hbond substituents is 1. The molecule has 1 aliphatic rings. The Morgan fingerprint density at radius 3 is 2.76 bits per heavy atom. The van der Waals surface area contributed by atoms with E-state index in [4.69, 9.17) is 0 Å². The first-order chi connectivity index (χ1) is 10.3. The number of nitrogens with one attached hydrogen (secondary N) is 2. The number of phenols is 1. The Labute approximate surface area is 127 Å². The van der Waals surface area contributed by atoms with Gasteiger partial charge in [0, 0.05) is 18.7 Å². The van der Waals surface area contributed by atoms with Crippen molar-refractivity contribution in [3.63, 3.8) is 0 Å². The maximum atomic E-state index is 10.2. The van der Waals surface area contributed by atoms with Gasteiger partial charge in [0.25, 0.3) is 0 Å². The van der Waals surface area contributed by atoms with Crippen LogP contribution in [0.25, 0.3) is 0 Å². The van der Waals surface area contributed by atoms with Gasteiger partial charge in [-0.05, 0) is 56.2 Å². The summed E-state index contributed by atoms with van der Waals surface area (Å²) in [4.78, 5) is 4.62. The van der Waals surface area contributed by atoms with Crippen molar-refractivity contribution in [3.8, 4) is 5.75 Å². The van der Waals surface area contributed by atoms with E-state index in [2.05, 4.69) is 35.5 Å². The van der Waals surface area contributed by atoms with Crippen molar-refractivity contribution in [2.24, 2.45) is 4.99 Å². The summed E-state index contributed by atoms with van der Waals surface area (Å²) in [5, 5.41) is 16.7. The molecule has 1 aromatic rings. The molecule has 116 valence electrons. The molecule has 2 rings (SSSR count). The number of benzene rings is 1. The normalized spacial score (nSPS) is 14.7. The van der Waals surface area contributed by atoms with Crippen molar-refractivity contribution in [1.29, 1.82) is 0 Å². The summed E-state index contributed by atoms with van der Waals surface area (Å²) in [5.41, 5.74) is 3.70. The van der Waals surface area contributed by atoms with Crippen molar-refractivity contribution < 1.29 is 5.11 Å². The van der Waals surface area contributed by atoms with Gasteiger partial charge in [0.05, 0.1) is 6.54 Å². The maximum Gasteiger partial charge on any atom is 0.191 e. The number of aliphatic imine (C=N–C) groups is 1. The predicted molar refractivity (Wildman–Crippen MR) is 87.9 cm³/mol. The quantitative estimate of drug-likeness (QED) is 0.577. The summed E-state index contributed by atoms with van der Waals surface area (Å²) in [7, 11) is 0. The average Bonchev–Trinajstić information content (AvgIpc) is 2.51. The highest BCUT2D eigenvalue weighted by molar-refractivity contribution is 5.79. The molecule has 0 radical (unpaired) electrons. The predicted octanol–water partition coefficient (Wildman–Crippen LogP) is 2.74. The van der Waals surface area contributed by atoms with E-state index in [9.17, 15) is 5.11 Å². The molecule has 0 spiro atoms. The molecule has 1 aliphatic carbocycles. The topological polar surface area (TPSA) is 56.7 Å². The molecule has 0 saturated carbocycles. The van der Waals surface area contributed by atoms with Crippen LogP contribution in [0.15, 0.2) is 17.1 Å². The number of fused-ring (bicyclic) bond motifs is 1. The van der Waals surface area contributed by atoms with Crippen LogP contribution in [0.1, 0.15) is 49.8 Å². The Morgan fingerprint density at radius 2 is 2.00 bits per heavy atom. The minimum Gasteiger partial charge on any atom is -0.508 e. The fourth-order valence-corrected chi connectivity index (χ4v) is 2.81. The average molecular weight is 289 g/mol. The van der Waals surface area contributed by atoms with Gasteiger partial charge in [-0.1, -0.05) is 13.0 Å². The van der Waals surface area contributed by atoms with Crippen LogP contribution in [0.2, 0.25) is 0 Å². The van der Waals surface area contributed by atoms with Gasteiger partial charge in [-0.2, -0.15) is 0 Å². The molecule has 3 N–H and O–H groups in total. The first-order valence-electron chi connectivity index (χ1n) is 8.11. The van der Waals surface area contributed by atoms with E-state index in [0.29, 0.717) is 12.3 Å². The molecule has 0 heterocycles. The summed E-state index contributed by atoms with van der Waals surface area (Å²) in [6, 6.07) is 3.89. The van der Waals surface area contributed by atoms with Crippen LogP contribution in [0.3, 0.4) is 0 Å². The molecule has 4 nitrogen and oxygen atoms in total. The highest BCUT2D eigenvalue weighted by atomic mass is 16.3. The van der Waals surface area contributed by atoms with Crippen LogP contribution in [0, 0.1) is 0 Å². The first kappa shape index (κ1) is 15.7. The van der Waals surface area contributed by atoms with Crippen LogP contribution in [-0.4, -0.2) is 24.2 Å². The van der Waals surface area contributed by atoms with Crippen molar-refractivity contribution in [1.82, 2.24) is 10.6 Å². The van der Waals surface area contributed by atoms with Gasteiger partial charge in [-0.15, -0.1) is 0 Å². The van der Waals surface area contributed by atoms with Gasteiger partial charge in [-0.25, -0.2) is 4.99 Å². The second-order valence-electron chi connectivity index (χ2n) is 5.53. The number of guanidine groups is 1. The molecule has 0 bridgehead atoms. The highest BCUT2D eigenvalue weighted by Gasteiger charge is 2.16. The van der Waals surface area contributed by atoms with Crippen molar-refractivity contribution in [2.45, 2.75) is 52.5 Å². The third-order valence-corrected chi connectivity index (χ3v) is 3.91.